The Labute approximate surface area is 156 Å². The van der Waals surface area contributed by atoms with E-state index in [0.717, 1.165) is 23.4 Å². The van der Waals surface area contributed by atoms with Gasteiger partial charge < -0.3 is 4.74 Å². The van der Waals surface area contributed by atoms with Gasteiger partial charge in [-0.25, -0.2) is 9.97 Å². The molecule has 3 aromatic rings. The highest BCUT2D eigenvalue weighted by molar-refractivity contribution is 5.55. The second-order valence-electron chi connectivity index (χ2n) is 6.52. The fourth-order valence-electron chi connectivity index (χ4n) is 2.86. The standard InChI is InChI=1S/C23H26N2O/c1-2-3-4-6-9-19-12-14-21(15-13-19)23-24-16-22(17-25-23)26-18-20-10-7-5-8-11-20/h5,7-8,10-17H,2-4,6,9,18H2,1H3. The SMILES string of the molecule is CCCCCCc1ccc(-c2ncc(OCc3ccccc3)cn2)cc1. The van der Waals surface area contributed by atoms with Crippen LogP contribution in [-0.4, -0.2) is 9.97 Å². The lowest BCUT2D eigenvalue weighted by atomic mass is 10.0. The molecule has 0 atom stereocenters. The number of nitrogens with zero attached hydrogens (tertiary/aromatic N) is 2. The topological polar surface area (TPSA) is 35.0 Å². The predicted octanol–water partition coefficient (Wildman–Crippen LogP) is 5.85. The maximum absolute atomic E-state index is 5.74. The molecule has 0 radical (unpaired) electrons. The Kier molecular flexibility index (Phi) is 6.77. The van der Waals surface area contributed by atoms with E-state index >= 15 is 0 Å². The molecule has 0 aliphatic carbocycles. The van der Waals surface area contributed by atoms with Crippen LogP contribution in [-0.2, 0) is 13.0 Å². The van der Waals surface area contributed by atoms with Crippen LogP contribution in [0.2, 0.25) is 0 Å². The fourth-order valence-corrected chi connectivity index (χ4v) is 2.86. The van der Waals surface area contributed by atoms with E-state index in [-0.39, 0.29) is 0 Å². The molecule has 1 aromatic heterocycles. The van der Waals surface area contributed by atoms with Gasteiger partial charge in [-0.15, -0.1) is 0 Å². The Morgan fingerprint density at radius 1 is 0.769 bits per heavy atom. The number of aromatic nitrogens is 2. The van der Waals surface area contributed by atoms with Crippen molar-refractivity contribution in [2.75, 3.05) is 0 Å². The van der Waals surface area contributed by atoms with E-state index in [0.29, 0.717) is 12.4 Å². The molecule has 0 saturated heterocycles. The maximum atomic E-state index is 5.74. The summed E-state index contributed by atoms with van der Waals surface area (Å²) in [7, 11) is 0. The van der Waals surface area contributed by atoms with Gasteiger partial charge in [0.05, 0.1) is 12.4 Å². The fraction of sp³-hybridized carbons (Fsp3) is 0.304. The van der Waals surface area contributed by atoms with E-state index in [1.165, 1.54) is 31.2 Å². The quantitative estimate of drug-likeness (QED) is 0.456. The smallest absolute Gasteiger partial charge is 0.159 e. The Hall–Kier alpha value is -2.68. The summed E-state index contributed by atoms with van der Waals surface area (Å²) in [6.07, 6.45) is 9.80. The highest BCUT2D eigenvalue weighted by Gasteiger charge is 2.03. The molecular formula is C23H26N2O. The number of benzene rings is 2. The van der Waals surface area contributed by atoms with Crippen molar-refractivity contribution in [3.05, 3.63) is 78.1 Å². The van der Waals surface area contributed by atoms with Crippen LogP contribution in [0.4, 0.5) is 0 Å². The van der Waals surface area contributed by atoms with E-state index in [9.17, 15) is 0 Å². The van der Waals surface area contributed by atoms with Crippen LogP contribution < -0.4 is 4.74 Å². The van der Waals surface area contributed by atoms with Crippen molar-refractivity contribution >= 4 is 0 Å². The van der Waals surface area contributed by atoms with Crippen molar-refractivity contribution in [2.24, 2.45) is 0 Å². The molecule has 0 spiro atoms. The third-order valence-corrected chi connectivity index (χ3v) is 4.41. The van der Waals surface area contributed by atoms with Crippen molar-refractivity contribution in [3.8, 4) is 17.1 Å². The number of hydrogen-bond donors (Lipinski definition) is 0. The molecule has 0 aliphatic rings. The first-order valence-corrected chi connectivity index (χ1v) is 9.43. The van der Waals surface area contributed by atoms with E-state index in [1.807, 2.05) is 30.3 Å². The third kappa shape index (κ3) is 5.41. The Bertz CT molecular complexity index is 768. The molecule has 3 rings (SSSR count). The van der Waals surface area contributed by atoms with Crippen LogP contribution in [0.25, 0.3) is 11.4 Å². The molecule has 0 saturated carbocycles. The van der Waals surface area contributed by atoms with Gasteiger partial charge in [0.25, 0.3) is 0 Å². The second kappa shape index (κ2) is 9.71. The third-order valence-electron chi connectivity index (χ3n) is 4.41. The van der Waals surface area contributed by atoms with Crippen molar-refractivity contribution in [1.82, 2.24) is 9.97 Å². The molecule has 3 nitrogen and oxygen atoms in total. The van der Waals surface area contributed by atoms with Gasteiger partial charge in [-0.05, 0) is 24.0 Å². The molecule has 0 bridgehead atoms. The van der Waals surface area contributed by atoms with E-state index in [4.69, 9.17) is 4.74 Å². The molecule has 134 valence electrons. The molecule has 0 unspecified atom stereocenters. The summed E-state index contributed by atoms with van der Waals surface area (Å²) in [4.78, 5) is 8.88. The molecule has 0 aliphatic heterocycles. The van der Waals surface area contributed by atoms with Crippen LogP contribution in [0.5, 0.6) is 5.75 Å². The Balaban J connectivity index is 1.54. The van der Waals surface area contributed by atoms with Gasteiger partial charge in [0.15, 0.2) is 11.6 Å². The lowest BCUT2D eigenvalue weighted by Crippen LogP contribution is -1.97. The second-order valence-corrected chi connectivity index (χ2v) is 6.52. The highest BCUT2D eigenvalue weighted by Crippen LogP contribution is 2.19. The zero-order valence-electron chi connectivity index (χ0n) is 15.4. The first-order valence-electron chi connectivity index (χ1n) is 9.43. The lowest BCUT2D eigenvalue weighted by molar-refractivity contribution is 0.303. The summed E-state index contributed by atoms with van der Waals surface area (Å²) >= 11 is 0. The van der Waals surface area contributed by atoms with Crippen LogP contribution in [0.15, 0.2) is 67.0 Å². The monoisotopic (exact) mass is 346 g/mol. The molecular weight excluding hydrogens is 320 g/mol. The summed E-state index contributed by atoms with van der Waals surface area (Å²) in [5, 5.41) is 0. The number of aryl methyl sites for hydroxylation is 1. The average Bonchev–Trinajstić information content (AvgIpc) is 2.71. The van der Waals surface area contributed by atoms with Gasteiger partial charge in [0.1, 0.15) is 6.61 Å². The van der Waals surface area contributed by atoms with Crippen molar-refractivity contribution in [2.45, 2.75) is 45.6 Å². The zero-order valence-corrected chi connectivity index (χ0v) is 15.4. The van der Waals surface area contributed by atoms with E-state index in [1.54, 1.807) is 12.4 Å². The molecule has 26 heavy (non-hydrogen) atoms. The van der Waals surface area contributed by atoms with Crippen LogP contribution >= 0.6 is 0 Å². The molecule has 3 heteroatoms. The maximum Gasteiger partial charge on any atom is 0.159 e. The van der Waals surface area contributed by atoms with Crippen LogP contribution in [0, 0.1) is 0 Å². The Morgan fingerprint density at radius 2 is 1.50 bits per heavy atom. The van der Waals surface area contributed by atoms with Gasteiger partial charge in [-0.1, -0.05) is 80.8 Å². The van der Waals surface area contributed by atoms with Gasteiger partial charge in [0, 0.05) is 5.56 Å². The van der Waals surface area contributed by atoms with Gasteiger partial charge in [0.2, 0.25) is 0 Å². The van der Waals surface area contributed by atoms with Gasteiger partial charge in [-0.2, -0.15) is 0 Å². The number of ether oxygens (including phenoxy) is 1. The normalized spacial score (nSPS) is 10.7. The Morgan fingerprint density at radius 3 is 2.19 bits per heavy atom. The van der Waals surface area contributed by atoms with Crippen molar-refractivity contribution < 1.29 is 4.74 Å². The van der Waals surface area contributed by atoms with E-state index in [2.05, 4.69) is 41.2 Å². The highest BCUT2D eigenvalue weighted by atomic mass is 16.5. The molecule has 0 amide bonds. The minimum absolute atomic E-state index is 0.524. The zero-order chi connectivity index (χ0) is 18.0. The van der Waals surface area contributed by atoms with E-state index < -0.39 is 0 Å². The minimum atomic E-state index is 0.524. The van der Waals surface area contributed by atoms with Crippen LogP contribution in [0.1, 0.15) is 43.7 Å². The van der Waals surface area contributed by atoms with Gasteiger partial charge in [-0.3, -0.25) is 0 Å². The number of hydrogen-bond acceptors (Lipinski definition) is 3. The largest absolute Gasteiger partial charge is 0.486 e. The molecule has 2 aromatic carbocycles. The predicted molar refractivity (Wildman–Crippen MR) is 106 cm³/mol. The average molecular weight is 346 g/mol. The summed E-state index contributed by atoms with van der Waals surface area (Å²) in [5.41, 5.74) is 3.55. The number of rotatable bonds is 9. The summed E-state index contributed by atoms with van der Waals surface area (Å²) in [6, 6.07) is 18.7. The first-order chi connectivity index (χ1) is 12.8. The van der Waals surface area contributed by atoms with Crippen LogP contribution in [0.3, 0.4) is 0 Å². The van der Waals surface area contributed by atoms with Crippen molar-refractivity contribution in [1.29, 1.82) is 0 Å². The lowest BCUT2D eigenvalue weighted by Gasteiger charge is -2.07. The van der Waals surface area contributed by atoms with Crippen molar-refractivity contribution in [3.63, 3.8) is 0 Å². The minimum Gasteiger partial charge on any atom is -0.486 e. The summed E-state index contributed by atoms with van der Waals surface area (Å²) in [6.45, 7) is 2.77. The molecule has 0 N–H and O–H groups in total. The number of unbranched alkanes of at least 4 members (excludes halogenated alkanes) is 3. The first kappa shape index (κ1) is 18.1. The molecule has 0 fully saturated rings. The molecule has 1 heterocycles. The summed E-state index contributed by atoms with van der Waals surface area (Å²) in [5.74, 6) is 1.42. The summed E-state index contributed by atoms with van der Waals surface area (Å²) < 4.78 is 5.74. The van der Waals surface area contributed by atoms with Gasteiger partial charge >= 0.3 is 0 Å².